The molecule has 1 N–H and O–H groups in total. The summed E-state index contributed by atoms with van der Waals surface area (Å²) in [4.78, 5) is 46.8. The summed E-state index contributed by atoms with van der Waals surface area (Å²) in [5, 5.41) is 9.56. The summed E-state index contributed by atoms with van der Waals surface area (Å²) < 4.78 is 4.66. The Labute approximate surface area is 222 Å². The van der Waals surface area contributed by atoms with Crippen LogP contribution in [0.3, 0.4) is 0 Å². The van der Waals surface area contributed by atoms with E-state index in [9.17, 15) is 19.5 Å². The average Bonchev–Trinajstić information content (AvgIpc) is 3.30. The Hall–Kier alpha value is -2.78. The highest BCUT2D eigenvalue weighted by atomic mass is 32.2. The van der Waals surface area contributed by atoms with Crippen LogP contribution in [0, 0.1) is 11.8 Å². The van der Waals surface area contributed by atoms with Gasteiger partial charge in [0.25, 0.3) is 5.91 Å². The van der Waals surface area contributed by atoms with Gasteiger partial charge in [-0.15, -0.1) is 11.8 Å². The molecule has 4 aliphatic heterocycles. The van der Waals surface area contributed by atoms with Crippen molar-refractivity contribution < 1.29 is 24.2 Å². The monoisotopic (exact) mass is 525 g/mol. The first-order valence-corrected chi connectivity index (χ1v) is 14.1. The van der Waals surface area contributed by atoms with Gasteiger partial charge in [-0.3, -0.25) is 14.4 Å². The minimum atomic E-state index is -0.906. The van der Waals surface area contributed by atoms with Gasteiger partial charge in [0.1, 0.15) is 6.04 Å². The summed E-state index contributed by atoms with van der Waals surface area (Å²) in [5.74, 6) is -2.23. The lowest BCUT2D eigenvalue weighted by Gasteiger charge is -2.35. The number of esters is 1. The zero-order valence-electron chi connectivity index (χ0n) is 21.4. The number of allylic oxidation sites excluding steroid dienone is 1. The molecule has 4 aliphatic rings. The third-order valence-corrected chi connectivity index (χ3v) is 9.73. The molecule has 5 atom stereocenters. The smallest absolute Gasteiger partial charge is 0.311 e. The van der Waals surface area contributed by atoms with E-state index in [1.807, 2.05) is 42.5 Å². The maximum atomic E-state index is 14.3. The lowest BCUT2D eigenvalue weighted by atomic mass is 9.78. The number of fused-ring (bicyclic) bond motifs is 2. The number of hydrogen-bond donors (Lipinski definition) is 1. The SMILES string of the molecule is CCN(CC)c1ccc(N2CC=C[C@]34S[C@H]5/C=C\CCCOC(=O)[C@H]5[C@H]3C(=O)N(CCO)C4C2=O)cc1. The fourth-order valence-corrected chi connectivity index (χ4v) is 8.27. The van der Waals surface area contributed by atoms with Gasteiger partial charge in [0, 0.05) is 42.8 Å². The normalized spacial score (nSPS) is 32.0. The van der Waals surface area contributed by atoms with Crippen LogP contribution in [0.4, 0.5) is 11.4 Å². The average molecular weight is 526 g/mol. The molecule has 37 heavy (non-hydrogen) atoms. The summed E-state index contributed by atoms with van der Waals surface area (Å²) >= 11 is 1.52. The predicted molar refractivity (Wildman–Crippen MR) is 145 cm³/mol. The Morgan fingerprint density at radius 1 is 1.11 bits per heavy atom. The highest BCUT2D eigenvalue weighted by Gasteiger charge is 2.70. The van der Waals surface area contributed by atoms with Crippen LogP contribution in [-0.4, -0.2) is 83.2 Å². The number of aliphatic hydroxyl groups is 1. The third-order valence-electron chi connectivity index (χ3n) is 7.98. The Balaban J connectivity index is 1.54. The Bertz CT molecular complexity index is 1100. The van der Waals surface area contributed by atoms with Gasteiger partial charge >= 0.3 is 5.97 Å². The number of anilines is 2. The number of aliphatic hydroxyl groups excluding tert-OH is 1. The molecule has 0 bridgehead atoms. The molecule has 0 radical (unpaired) electrons. The summed E-state index contributed by atoms with van der Waals surface area (Å²) in [6, 6.07) is 7.11. The molecule has 0 aromatic heterocycles. The number of amides is 2. The Morgan fingerprint density at radius 3 is 2.57 bits per heavy atom. The largest absolute Gasteiger partial charge is 0.465 e. The van der Waals surface area contributed by atoms with Gasteiger partial charge in [-0.25, -0.2) is 0 Å². The van der Waals surface area contributed by atoms with Crippen molar-refractivity contribution in [2.45, 2.75) is 42.7 Å². The second-order valence-electron chi connectivity index (χ2n) is 9.88. The molecule has 0 aliphatic carbocycles. The lowest BCUT2D eigenvalue weighted by Crippen LogP contribution is -2.53. The van der Waals surface area contributed by atoms with Crippen molar-refractivity contribution in [1.82, 2.24) is 4.90 Å². The fourth-order valence-electron chi connectivity index (χ4n) is 6.27. The van der Waals surface area contributed by atoms with Crippen LogP contribution in [-0.2, 0) is 19.1 Å². The number of cyclic esters (lactones) is 1. The number of thioether (sulfide) groups is 1. The molecule has 2 amide bonds. The van der Waals surface area contributed by atoms with Crippen molar-refractivity contribution in [2.24, 2.45) is 11.8 Å². The van der Waals surface area contributed by atoms with E-state index in [1.54, 1.807) is 4.90 Å². The number of ether oxygens (including phenoxy) is 1. The highest BCUT2D eigenvalue weighted by Crippen LogP contribution is 2.60. The third kappa shape index (κ3) is 4.26. The molecule has 5 rings (SSSR count). The summed E-state index contributed by atoms with van der Waals surface area (Å²) in [5.41, 5.74) is 1.84. The Kier molecular flexibility index (Phi) is 7.36. The zero-order valence-corrected chi connectivity index (χ0v) is 22.2. The molecule has 2 fully saturated rings. The second kappa shape index (κ2) is 10.5. The molecule has 1 aromatic carbocycles. The van der Waals surface area contributed by atoms with Crippen LogP contribution in [0.15, 0.2) is 48.6 Å². The van der Waals surface area contributed by atoms with Gasteiger partial charge < -0.3 is 24.5 Å². The minimum absolute atomic E-state index is 0.0406. The van der Waals surface area contributed by atoms with E-state index >= 15 is 0 Å². The number of nitrogens with zero attached hydrogens (tertiary/aromatic N) is 3. The summed E-state index contributed by atoms with van der Waals surface area (Å²) in [7, 11) is 0. The zero-order chi connectivity index (χ0) is 26.2. The number of hydrogen-bond acceptors (Lipinski definition) is 7. The fraction of sp³-hybridized carbons (Fsp3) is 0.536. The predicted octanol–water partition coefficient (Wildman–Crippen LogP) is 2.62. The molecule has 0 saturated carbocycles. The summed E-state index contributed by atoms with van der Waals surface area (Å²) in [6.45, 7) is 6.46. The van der Waals surface area contributed by atoms with Crippen LogP contribution < -0.4 is 9.80 Å². The van der Waals surface area contributed by atoms with Crippen molar-refractivity contribution in [3.05, 3.63) is 48.6 Å². The maximum absolute atomic E-state index is 14.3. The number of carbonyl (C=O) groups excluding carboxylic acids is 3. The van der Waals surface area contributed by atoms with Crippen LogP contribution in [0.1, 0.15) is 26.7 Å². The van der Waals surface area contributed by atoms with Crippen LogP contribution in [0.25, 0.3) is 0 Å². The summed E-state index contributed by atoms with van der Waals surface area (Å²) in [6.07, 6.45) is 9.55. The number of rotatable bonds is 6. The van der Waals surface area contributed by atoms with Crippen molar-refractivity contribution >= 4 is 40.9 Å². The van der Waals surface area contributed by atoms with Crippen molar-refractivity contribution in [1.29, 1.82) is 0 Å². The first kappa shape index (κ1) is 25.9. The van der Waals surface area contributed by atoms with E-state index < -0.39 is 22.6 Å². The van der Waals surface area contributed by atoms with Crippen LogP contribution in [0.2, 0.25) is 0 Å². The highest BCUT2D eigenvalue weighted by molar-refractivity contribution is 8.02. The van der Waals surface area contributed by atoms with Gasteiger partial charge in [0.15, 0.2) is 0 Å². The quantitative estimate of drug-likeness (QED) is 0.451. The van der Waals surface area contributed by atoms with Crippen molar-refractivity contribution in [3.63, 3.8) is 0 Å². The van der Waals surface area contributed by atoms with E-state index in [0.717, 1.165) is 37.3 Å². The Morgan fingerprint density at radius 2 is 1.86 bits per heavy atom. The number of carbonyl (C=O) groups is 3. The van der Waals surface area contributed by atoms with Gasteiger partial charge in [-0.2, -0.15) is 0 Å². The molecule has 1 aromatic rings. The second-order valence-corrected chi connectivity index (χ2v) is 11.4. The van der Waals surface area contributed by atoms with Gasteiger partial charge in [0.05, 0.1) is 29.8 Å². The van der Waals surface area contributed by atoms with E-state index in [-0.39, 0.29) is 36.2 Å². The molecule has 1 spiro atoms. The van der Waals surface area contributed by atoms with Crippen LogP contribution in [0.5, 0.6) is 0 Å². The standard InChI is InChI=1S/C28H35N3O5S/c1-3-29(4-2)19-10-12-20(13-11-19)30-15-8-14-28-23(25(33)31(16-17-32)24(28)26(30)34)22-21(37-28)9-6-5-7-18-36-27(22)35/h6,8-14,21-24,32H,3-5,7,15-18H2,1-2H3/b9-6-/t21-,22+,23-,24?,28-/m0/s1. The molecular formula is C28H35N3O5S. The van der Waals surface area contributed by atoms with Gasteiger partial charge in [-0.1, -0.05) is 24.3 Å². The lowest BCUT2D eigenvalue weighted by molar-refractivity contribution is -0.153. The molecule has 9 heteroatoms. The molecule has 8 nitrogen and oxygen atoms in total. The van der Waals surface area contributed by atoms with E-state index in [1.165, 1.54) is 16.7 Å². The van der Waals surface area contributed by atoms with Gasteiger partial charge in [-0.05, 0) is 51.0 Å². The first-order chi connectivity index (χ1) is 18.0. The molecule has 1 unspecified atom stereocenters. The van der Waals surface area contributed by atoms with Crippen molar-refractivity contribution in [2.75, 3.05) is 49.2 Å². The van der Waals surface area contributed by atoms with Gasteiger partial charge in [0.2, 0.25) is 5.91 Å². The number of likely N-dealkylation sites (tertiary alicyclic amines) is 1. The topological polar surface area (TPSA) is 90.4 Å². The number of β-amino-alcohol motifs (C(OH)–C–C–N with tert-alkyl or cyclic N) is 1. The van der Waals surface area contributed by atoms with Crippen molar-refractivity contribution in [3.8, 4) is 0 Å². The molecule has 198 valence electrons. The van der Waals surface area contributed by atoms with E-state index in [0.29, 0.717) is 13.2 Å². The maximum Gasteiger partial charge on any atom is 0.311 e. The van der Waals surface area contributed by atoms with Crippen LogP contribution >= 0.6 is 11.8 Å². The van der Waals surface area contributed by atoms with E-state index in [2.05, 4.69) is 24.8 Å². The number of benzene rings is 1. The molecule has 2 saturated heterocycles. The van der Waals surface area contributed by atoms with E-state index in [4.69, 9.17) is 4.74 Å². The minimum Gasteiger partial charge on any atom is -0.465 e. The first-order valence-electron chi connectivity index (χ1n) is 13.2. The molecule has 4 heterocycles. The molecular weight excluding hydrogens is 490 g/mol.